The van der Waals surface area contributed by atoms with Crippen molar-refractivity contribution in [3.63, 3.8) is 0 Å². The molecule has 0 aliphatic carbocycles. The number of esters is 1. The predicted octanol–water partition coefficient (Wildman–Crippen LogP) is 4.92. The van der Waals surface area contributed by atoms with Gasteiger partial charge in [0.25, 0.3) is 5.56 Å². The van der Waals surface area contributed by atoms with Crippen LogP contribution in [0.2, 0.25) is 0 Å². The van der Waals surface area contributed by atoms with Crippen LogP contribution in [0.25, 0.3) is 6.08 Å². The van der Waals surface area contributed by atoms with Gasteiger partial charge in [0, 0.05) is 10.0 Å². The van der Waals surface area contributed by atoms with Gasteiger partial charge in [0.05, 0.1) is 36.6 Å². The quantitative estimate of drug-likeness (QED) is 0.222. The zero-order valence-electron chi connectivity index (χ0n) is 22.9. The highest BCUT2D eigenvalue weighted by Gasteiger charge is 2.36. The number of carbonyl (C=O) groups is 1. The number of nitrogens with zero attached hydrogens (tertiary/aromatic N) is 2. The fraction of sp³-hybridized carbons (Fsp3) is 0.300. The minimum atomic E-state index is -0.782. The smallest absolute Gasteiger partial charge is 0.338 e. The molecule has 1 aliphatic rings. The van der Waals surface area contributed by atoms with Crippen LogP contribution in [0.1, 0.15) is 43.9 Å². The van der Waals surface area contributed by atoms with Gasteiger partial charge in [0.15, 0.2) is 16.3 Å². The Labute approximate surface area is 245 Å². The van der Waals surface area contributed by atoms with Crippen LogP contribution in [-0.4, -0.2) is 38.0 Å². The van der Waals surface area contributed by atoms with Gasteiger partial charge in [0.2, 0.25) is 0 Å². The molecular formula is C30H31BrN2O6S. The Bertz CT molecular complexity index is 1640. The lowest BCUT2D eigenvalue weighted by atomic mass is 9.93. The zero-order chi connectivity index (χ0) is 28.8. The van der Waals surface area contributed by atoms with Crippen LogP contribution in [0, 0.1) is 0 Å². The number of hydrogen-bond donors (Lipinski definition) is 0. The first-order valence-electron chi connectivity index (χ1n) is 12.8. The molecule has 0 fully saturated rings. The minimum Gasteiger partial charge on any atom is -0.496 e. The fourth-order valence-electron chi connectivity index (χ4n) is 4.53. The lowest BCUT2D eigenvalue weighted by molar-refractivity contribution is -0.139. The largest absolute Gasteiger partial charge is 0.496 e. The summed E-state index contributed by atoms with van der Waals surface area (Å²) in [6.07, 6.45) is 4.75. The molecule has 4 rings (SSSR count). The van der Waals surface area contributed by atoms with Gasteiger partial charge in [-0.15, -0.1) is 0 Å². The van der Waals surface area contributed by atoms with Crippen LogP contribution in [0.15, 0.2) is 74.6 Å². The number of rotatable bonds is 11. The molecule has 0 saturated carbocycles. The van der Waals surface area contributed by atoms with Crippen LogP contribution in [0.3, 0.4) is 0 Å². The van der Waals surface area contributed by atoms with E-state index in [1.807, 2.05) is 25.1 Å². The fourth-order valence-corrected chi connectivity index (χ4v) is 5.93. The SMILES string of the molecule is C=CCOc1ccc(/C=c2/sc3n(c2=O)[C@H](c2cc(Br)ccc2OC)C(C(=O)OCC)=C(CCC)N=3)cc1OC. The molecule has 40 heavy (non-hydrogen) atoms. The number of halogens is 1. The number of thiazole rings is 1. The van der Waals surface area contributed by atoms with E-state index in [9.17, 15) is 9.59 Å². The standard InChI is InChI=1S/C30H31BrN2O6S/c1-6-9-21-26(29(35)38-8-3)27(20-17-19(31)11-13-22(20)36-4)33-28(34)25(40-30(33)32-21)16-18-10-12-23(39-14-7-2)24(15-18)37-5/h7,10-13,15-17,27H,2,6,8-9,14H2,1,3-5H3/b25-16+/t27-/m1/s1. The molecule has 0 unspecified atom stereocenters. The number of methoxy groups -OCH3 is 2. The second-order valence-electron chi connectivity index (χ2n) is 8.81. The molecule has 0 saturated heterocycles. The van der Waals surface area contributed by atoms with Crippen molar-refractivity contribution in [3.05, 3.63) is 95.6 Å². The number of benzene rings is 2. The van der Waals surface area contributed by atoms with E-state index >= 15 is 0 Å². The van der Waals surface area contributed by atoms with Gasteiger partial charge in [-0.3, -0.25) is 9.36 Å². The van der Waals surface area contributed by atoms with Crippen LogP contribution in [0.5, 0.6) is 17.2 Å². The summed E-state index contributed by atoms with van der Waals surface area (Å²) in [7, 11) is 3.12. The van der Waals surface area contributed by atoms with Gasteiger partial charge in [-0.2, -0.15) is 0 Å². The molecular weight excluding hydrogens is 596 g/mol. The van der Waals surface area contributed by atoms with Gasteiger partial charge < -0.3 is 18.9 Å². The second kappa shape index (κ2) is 13.1. The summed E-state index contributed by atoms with van der Waals surface area (Å²) in [6, 6.07) is 10.2. The number of carbonyl (C=O) groups excluding carboxylic acids is 1. The first kappa shape index (κ1) is 29.4. The number of ether oxygens (including phenoxy) is 4. The molecule has 1 aliphatic heterocycles. The molecule has 0 N–H and O–H groups in total. The highest BCUT2D eigenvalue weighted by Crippen LogP contribution is 2.38. The highest BCUT2D eigenvalue weighted by atomic mass is 79.9. The molecule has 2 aromatic carbocycles. The Morgan fingerprint density at radius 3 is 2.55 bits per heavy atom. The van der Waals surface area contributed by atoms with E-state index in [1.54, 1.807) is 56.1 Å². The molecule has 0 radical (unpaired) electrons. The molecule has 1 atom stereocenters. The maximum atomic E-state index is 14.0. The number of allylic oxidation sites excluding steroid dienone is 1. The van der Waals surface area contributed by atoms with E-state index in [0.717, 1.165) is 16.5 Å². The summed E-state index contributed by atoms with van der Waals surface area (Å²) in [6.45, 7) is 7.99. The van der Waals surface area contributed by atoms with Gasteiger partial charge in [-0.05, 0) is 55.3 Å². The lowest BCUT2D eigenvalue weighted by Gasteiger charge is -2.27. The average molecular weight is 628 g/mol. The van der Waals surface area contributed by atoms with Crippen LogP contribution < -0.4 is 29.1 Å². The normalized spacial score (nSPS) is 14.8. The molecule has 3 aromatic rings. The topological polar surface area (TPSA) is 88.4 Å². The summed E-state index contributed by atoms with van der Waals surface area (Å²) in [5.41, 5.74) is 2.07. The van der Waals surface area contributed by atoms with Crippen molar-refractivity contribution in [2.75, 3.05) is 27.4 Å². The number of hydrogen-bond acceptors (Lipinski definition) is 8. The van der Waals surface area contributed by atoms with Gasteiger partial charge in [-0.1, -0.05) is 59.3 Å². The van der Waals surface area contributed by atoms with Crippen molar-refractivity contribution in [3.8, 4) is 17.2 Å². The monoisotopic (exact) mass is 626 g/mol. The zero-order valence-corrected chi connectivity index (χ0v) is 25.3. The molecule has 2 heterocycles. The number of aromatic nitrogens is 1. The van der Waals surface area contributed by atoms with E-state index < -0.39 is 12.0 Å². The first-order valence-corrected chi connectivity index (χ1v) is 14.4. The van der Waals surface area contributed by atoms with Crippen LogP contribution in [-0.2, 0) is 9.53 Å². The third-order valence-electron chi connectivity index (χ3n) is 6.22. The lowest BCUT2D eigenvalue weighted by Crippen LogP contribution is -2.40. The maximum absolute atomic E-state index is 14.0. The Morgan fingerprint density at radius 2 is 1.88 bits per heavy atom. The average Bonchev–Trinajstić information content (AvgIpc) is 3.25. The van der Waals surface area contributed by atoms with Gasteiger partial charge >= 0.3 is 5.97 Å². The van der Waals surface area contributed by atoms with Crippen LogP contribution >= 0.6 is 27.3 Å². The summed E-state index contributed by atoms with van der Waals surface area (Å²) >= 11 is 4.80. The van der Waals surface area contributed by atoms with E-state index in [-0.39, 0.29) is 12.2 Å². The van der Waals surface area contributed by atoms with Gasteiger partial charge in [0.1, 0.15) is 18.4 Å². The van der Waals surface area contributed by atoms with Crippen molar-refractivity contribution in [2.45, 2.75) is 32.7 Å². The Kier molecular flexibility index (Phi) is 9.65. The minimum absolute atomic E-state index is 0.197. The van der Waals surface area contributed by atoms with Gasteiger partial charge in [-0.25, -0.2) is 9.79 Å². The van der Waals surface area contributed by atoms with E-state index in [4.69, 9.17) is 23.9 Å². The van der Waals surface area contributed by atoms with Crippen molar-refractivity contribution >= 4 is 39.3 Å². The van der Waals surface area contributed by atoms with E-state index in [2.05, 4.69) is 22.5 Å². The molecule has 210 valence electrons. The first-order chi connectivity index (χ1) is 19.4. The van der Waals surface area contributed by atoms with Crippen LogP contribution in [0.4, 0.5) is 0 Å². The Morgan fingerprint density at radius 1 is 1.12 bits per heavy atom. The highest BCUT2D eigenvalue weighted by molar-refractivity contribution is 9.10. The van der Waals surface area contributed by atoms with Crippen molar-refractivity contribution < 1.29 is 23.7 Å². The molecule has 10 heteroatoms. The van der Waals surface area contributed by atoms with Crippen molar-refractivity contribution in [1.29, 1.82) is 0 Å². The van der Waals surface area contributed by atoms with Crippen molar-refractivity contribution in [1.82, 2.24) is 4.57 Å². The van der Waals surface area contributed by atoms with Crippen molar-refractivity contribution in [2.24, 2.45) is 4.99 Å². The van der Waals surface area contributed by atoms with E-state index in [0.29, 0.717) is 56.4 Å². The number of fused-ring (bicyclic) bond motifs is 1. The summed E-state index contributed by atoms with van der Waals surface area (Å²) in [5, 5.41) is 0. The Hall–Kier alpha value is -3.63. The summed E-state index contributed by atoms with van der Waals surface area (Å²) in [4.78, 5) is 32.7. The molecule has 8 nitrogen and oxygen atoms in total. The third kappa shape index (κ3) is 5.93. The molecule has 1 aromatic heterocycles. The molecule has 0 amide bonds. The third-order valence-corrected chi connectivity index (χ3v) is 7.70. The second-order valence-corrected chi connectivity index (χ2v) is 10.7. The molecule has 0 spiro atoms. The molecule has 0 bridgehead atoms. The summed E-state index contributed by atoms with van der Waals surface area (Å²) < 4.78 is 25.1. The summed E-state index contributed by atoms with van der Waals surface area (Å²) in [5.74, 6) is 1.15. The Balaban J connectivity index is 1.97. The van der Waals surface area contributed by atoms with E-state index in [1.165, 1.54) is 11.3 Å². The maximum Gasteiger partial charge on any atom is 0.338 e. The predicted molar refractivity (Wildman–Crippen MR) is 159 cm³/mol.